The molecule has 124 valence electrons. The summed E-state index contributed by atoms with van der Waals surface area (Å²) in [5.74, 6) is -0.409. The van der Waals surface area contributed by atoms with Gasteiger partial charge in [-0.3, -0.25) is 9.59 Å². The van der Waals surface area contributed by atoms with Crippen molar-refractivity contribution in [2.24, 2.45) is 5.41 Å². The molecule has 0 atom stereocenters. The van der Waals surface area contributed by atoms with Crippen LogP contribution in [0.15, 0.2) is 36.9 Å². The Morgan fingerprint density at radius 1 is 1.22 bits per heavy atom. The summed E-state index contributed by atoms with van der Waals surface area (Å²) < 4.78 is 5.37. The van der Waals surface area contributed by atoms with Crippen molar-refractivity contribution in [2.75, 3.05) is 13.2 Å². The summed E-state index contributed by atoms with van der Waals surface area (Å²) in [5.41, 5.74) is -0.326. The predicted molar refractivity (Wildman–Crippen MR) is 87.6 cm³/mol. The molecule has 0 radical (unpaired) electrons. The third-order valence-corrected chi connectivity index (χ3v) is 4.34. The fraction of sp³-hybridized carbons (Fsp3) is 0.444. The third-order valence-electron chi connectivity index (χ3n) is 4.34. The van der Waals surface area contributed by atoms with Gasteiger partial charge in [-0.15, -0.1) is 0 Å². The number of aliphatic carboxylic acids is 1. The van der Waals surface area contributed by atoms with E-state index in [2.05, 4.69) is 11.9 Å². The van der Waals surface area contributed by atoms with Crippen LogP contribution in [-0.2, 0) is 4.79 Å². The summed E-state index contributed by atoms with van der Waals surface area (Å²) in [6.45, 7) is 4.16. The van der Waals surface area contributed by atoms with Crippen LogP contribution in [0.1, 0.15) is 42.5 Å². The number of carbonyl (C=O) groups is 2. The highest BCUT2D eigenvalue weighted by Crippen LogP contribution is 2.36. The summed E-state index contributed by atoms with van der Waals surface area (Å²) in [7, 11) is 0. The molecule has 1 aliphatic carbocycles. The molecule has 1 aromatic rings. The lowest BCUT2D eigenvalue weighted by molar-refractivity contribution is -0.150. The summed E-state index contributed by atoms with van der Waals surface area (Å²) in [6.07, 6.45) is 5.76. The van der Waals surface area contributed by atoms with E-state index in [1.807, 2.05) is 0 Å². The van der Waals surface area contributed by atoms with Crippen molar-refractivity contribution in [3.05, 3.63) is 42.5 Å². The van der Waals surface area contributed by atoms with Crippen LogP contribution in [0.5, 0.6) is 5.75 Å². The number of nitrogens with one attached hydrogen (secondary N) is 1. The summed E-state index contributed by atoms with van der Waals surface area (Å²) in [6, 6.07) is 6.77. The first-order chi connectivity index (χ1) is 11.1. The zero-order valence-corrected chi connectivity index (χ0v) is 13.2. The number of ether oxygens (including phenoxy) is 1. The zero-order chi connectivity index (χ0) is 16.7. The second-order valence-corrected chi connectivity index (χ2v) is 5.95. The standard InChI is InChI=1S/C18H23NO4/c1-2-12-23-15-8-6-14(7-9-15)16(20)19-13-18(17(21)22)10-4-3-5-11-18/h2,6-9H,1,3-5,10-13H2,(H,19,20)(H,21,22). The number of carbonyl (C=O) groups excluding carboxylic acids is 1. The first kappa shape index (κ1) is 17.1. The van der Waals surface area contributed by atoms with Gasteiger partial charge in [-0.2, -0.15) is 0 Å². The molecule has 2 N–H and O–H groups in total. The van der Waals surface area contributed by atoms with Gasteiger partial charge in [-0.05, 0) is 37.1 Å². The monoisotopic (exact) mass is 317 g/mol. The number of amides is 1. The molecule has 0 aromatic heterocycles. The number of hydrogen-bond donors (Lipinski definition) is 2. The van der Waals surface area contributed by atoms with E-state index in [-0.39, 0.29) is 12.5 Å². The molecule has 1 saturated carbocycles. The summed E-state index contributed by atoms with van der Waals surface area (Å²) in [5, 5.41) is 12.3. The maximum absolute atomic E-state index is 12.2. The van der Waals surface area contributed by atoms with Gasteiger partial charge >= 0.3 is 5.97 Å². The number of benzene rings is 1. The first-order valence-corrected chi connectivity index (χ1v) is 7.93. The van der Waals surface area contributed by atoms with Gasteiger partial charge in [0.25, 0.3) is 5.91 Å². The Balaban J connectivity index is 1.95. The van der Waals surface area contributed by atoms with Gasteiger partial charge in [0, 0.05) is 12.1 Å². The topological polar surface area (TPSA) is 75.6 Å². The highest BCUT2D eigenvalue weighted by Gasteiger charge is 2.39. The molecule has 1 aliphatic rings. The van der Waals surface area contributed by atoms with Gasteiger partial charge in [0.2, 0.25) is 0 Å². The number of carboxylic acid groups (broad SMARTS) is 1. The maximum atomic E-state index is 12.2. The minimum atomic E-state index is -0.819. The van der Waals surface area contributed by atoms with E-state index in [9.17, 15) is 14.7 Å². The highest BCUT2D eigenvalue weighted by molar-refractivity contribution is 5.94. The second kappa shape index (κ2) is 7.81. The highest BCUT2D eigenvalue weighted by atomic mass is 16.5. The molecule has 0 aliphatic heterocycles. The van der Waals surface area contributed by atoms with Crippen molar-refractivity contribution in [3.63, 3.8) is 0 Å². The lowest BCUT2D eigenvalue weighted by Crippen LogP contribution is -2.44. The number of carboxylic acids is 1. The number of rotatable bonds is 7. The van der Waals surface area contributed by atoms with Gasteiger partial charge < -0.3 is 15.2 Å². The van der Waals surface area contributed by atoms with Crippen LogP contribution in [0.4, 0.5) is 0 Å². The molecular formula is C18H23NO4. The fourth-order valence-corrected chi connectivity index (χ4v) is 2.90. The Hall–Kier alpha value is -2.30. The molecule has 1 aromatic carbocycles. The van der Waals surface area contributed by atoms with Crippen molar-refractivity contribution in [2.45, 2.75) is 32.1 Å². The Morgan fingerprint density at radius 3 is 2.43 bits per heavy atom. The SMILES string of the molecule is C=CCOc1ccc(C(=O)NCC2(C(=O)O)CCCCC2)cc1. The van der Waals surface area contributed by atoms with Gasteiger partial charge in [-0.1, -0.05) is 31.9 Å². The van der Waals surface area contributed by atoms with E-state index < -0.39 is 11.4 Å². The molecule has 0 heterocycles. The Kier molecular flexibility index (Phi) is 5.79. The van der Waals surface area contributed by atoms with E-state index in [1.54, 1.807) is 30.3 Å². The van der Waals surface area contributed by atoms with Gasteiger partial charge in [0.1, 0.15) is 12.4 Å². The maximum Gasteiger partial charge on any atom is 0.311 e. The molecule has 0 saturated heterocycles. The lowest BCUT2D eigenvalue weighted by atomic mass is 9.74. The Bertz CT molecular complexity index is 559. The second-order valence-electron chi connectivity index (χ2n) is 5.95. The van der Waals surface area contributed by atoms with E-state index in [1.165, 1.54) is 0 Å². The quantitative estimate of drug-likeness (QED) is 0.758. The van der Waals surface area contributed by atoms with Crippen molar-refractivity contribution in [1.29, 1.82) is 0 Å². The third kappa shape index (κ3) is 4.34. The normalized spacial score (nSPS) is 16.3. The molecule has 0 spiro atoms. The van der Waals surface area contributed by atoms with E-state index in [0.717, 1.165) is 19.3 Å². The minimum Gasteiger partial charge on any atom is -0.490 e. The van der Waals surface area contributed by atoms with Crippen LogP contribution in [0.2, 0.25) is 0 Å². The van der Waals surface area contributed by atoms with Crippen LogP contribution in [0.3, 0.4) is 0 Å². The molecule has 5 heteroatoms. The van der Waals surface area contributed by atoms with Crippen LogP contribution < -0.4 is 10.1 Å². The van der Waals surface area contributed by atoms with E-state index in [4.69, 9.17) is 4.74 Å². The molecule has 0 unspecified atom stereocenters. The van der Waals surface area contributed by atoms with Crippen LogP contribution in [-0.4, -0.2) is 30.1 Å². The predicted octanol–water partition coefficient (Wildman–Crippen LogP) is 3.02. The van der Waals surface area contributed by atoms with Gasteiger partial charge in [0.05, 0.1) is 5.41 Å². The van der Waals surface area contributed by atoms with Crippen LogP contribution in [0.25, 0.3) is 0 Å². The van der Waals surface area contributed by atoms with E-state index >= 15 is 0 Å². The molecule has 23 heavy (non-hydrogen) atoms. The summed E-state index contributed by atoms with van der Waals surface area (Å²) >= 11 is 0. The molecule has 2 rings (SSSR count). The van der Waals surface area contributed by atoms with Crippen molar-refractivity contribution in [1.82, 2.24) is 5.32 Å². The lowest BCUT2D eigenvalue weighted by Gasteiger charge is -2.33. The molecule has 1 fully saturated rings. The average Bonchev–Trinajstić information content (AvgIpc) is 2.59. The Labute approximate surface area is 136 Å². The summed E-state index contributed by atoms with van der Waals surface area (Å²) in [4.78, 5) is 23.8. The first-order valence-electron chi connectivity index (χ1n) is 7.93. The smallest absolute Gasteiger partial charge is 0.311 e. The average molecular weight is 317 g/mol. The molecule has 1 amide bonds. The van der Waals surface area contributed by atoms with E-state index in [0.29, 0.717) is 30.8 Å². The van der Waals surface area contributed by atoms with Gasteiger partial charge in [-0.25, -0.2) is 0 Å². The number of hydrogen-bond acceptors (Lipinski definition) is 3. The minimum absolute atomic E-state index is 0.176. The molecule has 0 bridgehead atoms. The molecular weight excluding hydrogens is 294 g/mol. The van der Waals surface area contributed by atoms with Gasteiger partial charge in [0.15, 0.2) is 0 Å². The van der Waals surface area contributed by atoms with Crippen molar-refractivity contribution >= 4 is 11.9 Å². The fourth-order valence-electron chi connectivity index (χ4n) is 2.90. The Morgan fingerprint density at radius 2 is 1.87 bits per heavy atom. The molecule has 5 nitrogen and oxygen atoms in total. The van der Waals surface area contributed by atoms with Crippen LogP contribution in [0, 0.1) is 5.41 Å². The zero-order valence-electron chi connectivity index (χ0n) is 13.2. The van der Waals surface area contributed by atoms with Crippen molar-refractivity contribution < 1.29 is 19.4 Å². The van der Waals surface area contributed by atoms with Crippen LogP contribution >= 0.6 is 0 Å². The largest absolute Gasteiger partial charge is 0.490 e. The van der Waals surface area contributed by atoms with Crippen molar-refractivity contribution in [3.8, 4) is 5.75 Å².